The molecule has 2 rings (SSSR count). The third kappa shape index (κ3) is 3.06. The van der Waals surface area contributed by atoms with E-state index in [0.29, 0.717) is 11.4 Å². The number of aromatic amines is 1. The van der Waals surface area contributed by atoms with E-state index in [9.17, 15) is 13.2 Å². The molecule has 108 valence electrons. The molecule has 0 saturated heterocycles. The number of nitrogens with one attached hydrogen (secondary N) is 2. The second-order valence-electron chi connectivity index (χ2n) is 4.01. The van der Waals surface area contributed by atoms with Gasteiger partial charge in [-0.05, 0) is 12.5 Å². The SMILES string of the molecule is CCC(NS(=O)(=O)c1c[nH]c(C(=O)O)c1)c1nccs1. The van der Waals surface area contributed by atoms with E-state index < -0.39 is 22.0 Å². The van der Waals surface area contributed by atoms with Gasteiger partial charge < -0.3 is 10.1 Å². The van der Waals surface area contributed by atoms with Crippen molar-refractivity contribution in [3.8, 4) is 0 Å². The number of thiazole rings is 1. The van der Waals surface area contributed by atoms with Gasteiger partial charge in [0.1, 0.15) is 15.6 Å². The number of sulfonamides is 1. The zero-order valence-corrected chi connectivity index (χ0v) is 12.2. The van der Waals surface area contributed by atoms with Crippen molar-refractivity contribution in [1.29, 1.82) is 0 Å². The van der Waals surface area contributed by atoms with Gasteiger partial charge in [-0.25, -0.2) is 22.9 Å². The van der Waals surface area contributed by atoms with Gasteiger partial charge in [0, 0.05) is 17.8 Å². The molecule has 9 heteroatoms. The Morgan fingerprint density at radius 3 is 2.85 bits per heavy atom. The number of aromatic carboxylic acids is 1. The van der Waals surface area contributed by atoms with Gasteiger partial charge in [-0.3, -0.25) is 0 Å². The zero-order chi connectivity index (χ0) is 14.8. The summed E-state index contributed by atoms with van der Waals surface area (Å²) in [6, 6.07) is 0.655. The predicted octanol–water partition coefficient (Wildman–Crippen LogP) is 1.60. The van der Waals surface area contributed by atoms with Crippen molar-refractivity contribution in [3.05, 3.63) is 34.5 Å². The quantitative estimate of drug-likeness (QED) is 0.749. The first-order valence-corrected chi connectivity index (χ1v) is 8.13. The van der Waals surface area contributed by atoms with Gasteiger partial charge in [0.05, 0.1) is 6.04 Å². The number of nitrogens with zero attached hydrogens (tertiary/aromatic N) is 1. The number of hydrogen-bond acceptors (Lipinski definition) is 5. The van der Waals surface area contributed by atoms with Gasteiger partial charge in [-0.15, -0.1) is 11.3 Å². The topological polar surface area (TPSA) is 112 Å². The molecule has 0 aliphatic rings. The average Bonchev–Trinajstić information content (AvgIpc) is 3.06. The Hall–Kier alpha value is -1.71. The molecule has 1 unspecified atom stereocenters. The molecule has 0 aliphatic heterocycles. The minimum Gasteiger partial charge on any atom is -0.477 e. The van der Waals surface area contributed by atoms with Crippen molar-refractivity contribution in [2.24, 2.45) is 0 Å². The van der Waals surface area contributed by atoms with Crippen LogP contribution in [0.5, 0.6) is 0 Å². The van der Waals surface area contributed by atoms with Crippen LogP contribution in [-0.2, 0) is 10.0 Å². The van der Waals surface area contributed by atoms with E-state index >= 15 is 0 Å². The average molecular weight is 315 g/mol. The summed E-state index contributed by atoms with van der Waals surface area (Å²) in [6.45, 7) is 1.84. The lowest BCUT2D eigenvalue weighted by Crippen LogP contribution is -2.28. The molecule has 1 atom stereocenters. The number of carbonyl (C=O) groups is 1. The number of H-pyrrole nitrogens is 1. The van der Waals surface area contributed by atoms with Gasteiger partial charge in [-0.2, -0.15) is 0 Å². The van der Waals surface area contributed by atoms with Crippen molar-refractivity contribution < 1.29 is 18.3 Å². The van der Waals surface area contributed by atoms with Crippen LogP contribution in [-0.4, -0.2) is 29.5 Å². The minimum atomic E-state index is -3.79. The van der Waals surface area contributed by atoms with Crippen LogP contribution >= 0.6 is 11.3 Å². The van der Waals surface area contributed by atoms with Crippen LogP contribution in [0.1, 0.15) is 34.9 Å². The summed E-state index contributed by atoms with van der Waals surface area (Å²) < 4.78 is 26.9. The Morgan fingerprint density at radius 2 is 2.35 bits per heavy atom. The molecule has 0 saturated carbocycles. The van der Waals surface area contributed by atoms with Gasteiger partial charge in [0.25, 0.3) is 0 Å². The highest BCUT2D eigenvalue weighted by Crippen LogP contribution is 2.22. The van der Waals surface area contributed by atoms with E-state index in [1.165, 1.54) is 11.3 Å². The molecule has 0 spiro atoms. The second kappa shape index (κ2) is 5.73. The zero-order valence-electron chi connectivity index (χ0n) is 10.5. The van der Waals surface area contributed by atoms with Crippen molar-refractivity contribution in [3.63, 3.8) is 0 Å². The van der Waals surface area contributed by atoms with Crippen LogP contribution in [0.4, 0.5) is 0 Å². The Kier molecular flexibility index (Phi) is 4.21. The summed E-state index contributed by atoms with van der Waals surface area (Å²) in [5.41, 5.74) is -0.173. The van der Waals surface area contributed by atoms with Crippen molar-refractivity contribution in [2.45, 2.75) is 24.3 Å². The number of carboxylic acids is 1. The normalized spacial score (nSPS) is 13.2. The van der Waals surface area contributed by atoms with E-state index in [1.54, 1.807) is 11.6 Å². The molecule has 0 fully saturated rings. The van der Waals surface area contributed by atoms with Crippen LogP contribution in [0, 0.1) is 0 Å². The van der Waals surface area contributed by atoms with Crippen LogP contribution in [0.25, 0.3) is 0 Å². The molecule has 0 radical (unpaired) electrons. The highest BCUT2D eigenvalue weighted by atomic mass is 32.2. The van der Waals surface area contributed by atoms with E-state index in [1.807, 2.05) is 6.92 Å². The molecule has 2 aromatic heterocycles. The predicted molar refractivity (Wildman–Crippen MR) is 73.2 cm³/mol. The summed E-state index contributed by atoms with van der Waals surface area (Å²) >= 11 is 1.36. The third-order valence-corrected chi connectivity index (χ3v) is 4.99. The lowest BCUT2D eigenvalue weighted by Gasteiger charge is -2.13. The largest absolute Gasteiger partial charge is 0.477 e. The molecular formula is C11H13N3O4S2. The van der Waals surface area contributed by atoms with E-state index in [2.05, 4.69) is 14.7 Å². The number of hydrogen-bond donors (Lipinski definition) is 3. The minimum absolute atomic E-state index is 0.107. The van der Waals surface area contributed by atoms with Crippen LogP contribution in [0.15, 0.2) is 28.7 Å². The monoisotopic (exact) mass is 315 g/mol. The molecule has 0 aliphatic carbocycles. The van der Waals surface area contributed by atoms with E-state index in [0.717, 1.165) is 12.3 Å². The highest BCUT2D eigenvalue weighted by Gasteiger charge is 2.23. The van der Waals surface area contributed by atoms with E-state index in [-0.39, 0.29) is 10.6 Å². The third-order valence-electron chi connectivity index (χ3n) is 2.65. The lowest BCUT2D eigenvalue weighted by molar-refractivity contribution is 0.0691. The van der Waals surface area contributed by atoms with Gasteiger partial charge >= 0.3 is 5.97 Å². The molecule has 2 aromatic rings. The first kappa shape index (κ1) is 14.7. The first-order valence-electron chi connectivity index (χ1n) is 5.77. The number of aromatic nitrogens is 2. The van der Waals surface area contributed by atoms with Crippen LogP contribution in [0.2, 0.25) is 0 Å². The van der Waals surface area contributed by atoms with Crippen molar-refractivity contribution in [2.75, 3.05) is 0 Å². The molecule has 7 nitrogen and oxygen atoms in total. The fourth-order valence-electron chi connectivity index (χ4n) is 1.62. The fourth-order valence-corrected chi connectivity index (χ4v) is 3.75. The van der Waals surface area contributed by atoms with Crippen molar-refractivity contribution in [1.82, 2.24) is 14.7 Å². The standard InChI is InChI=1S/C11H13N3O4S2/c1-2-8(10-12-3-4-19-10)14-20(17,18)7-5-9(11(15)16)13-6-7/h3-6,8,13-14H,2H2,1H3,(H,15,16). The second-order valence-corrected chi connectivity index (χ2v) is 6.65. The summed E-state index contributed by atoms with van der Waals surface area (Å²) in [7, 11) is -3.79. The summed E-state index contributed by atoms with van der Waals surface area (Å²) in [4.78, 5) is 17.1. The Morgan fingerprint density at radius 1 is 1.60 bits per heavy atom. The van der Waals surface area contributed by atoms with Gasteiger partial charge in [0.2, 0.25) is 10.0 Å². The molecule has 0 bridgehead atoms. The molecular weight excluding hydrogens is 302 g/mol. The maximum atomic E-state index is 12.2. The molecule has 0 aromatic carbocycles. The van der Waals surface area contributed by atoms with Crippen LogP contribution < -0.4 is 4.72 Å². The number of rotatable bonds is 6. The molecule has 3 N–H and O–H groups in total. The Balaban J connectivity index is 2.23. The van der Waals surface area contributed by atoms with Crippen molar-refractivity contribution >= 4 is 27.3 Å². The summed E-state index contributed by atoms with van der Waals surface area (Å²) in [5, 5.41) is 11.2. The fraction of sp³-hybridized carbons (Fsp3) is 0.273. The lowest BCUT2D eigenvalue weighted by atomic mass is 10.3. The van der Waals surface area contributed by atoms with Crippen LogP contribution in [0.3, 0.4) is 0 Å². The Labute approximate surface area is 119 Å². The van der Waals surface area contributed by atoms with Gasteiger partial charge in [0.15, 0.2) is 0 Å². The molecule has 0 amide bonds. The highest BCUT2D eigenvalue weighted by molar-refractivity contribution is 7.89. The molecule has 20 heavy (non-hydrogen) atoms. The number of carboxylic acid groups (broad SMARTS) is 1. The van der Waals surface area contributed by atoms with E-state index in [4.69, 9.17) is 5.11 Å². The smallest absolute Gasteiger partial charge is 0.352 e. The first-order chi connectivity index (χ1) is 9.44. The maximum Gasteiger partial charge on any atom is 0.352 e. The van der Waals surface area contributed by atoms with Gasteiger partial charge in [-0.1, -0.05) is 6.92 Å². The Bertz CT molecular complexity index is 691. The maximum absolute atomic E-state index is 12.2. The summed E-state index contributed by atoms with van der Waals surface area (Å²) in [6.07, 6.45) is 3.30. The summed E-state index contributed by atoms with van der Waals surface area (Å²) in [5.74, 6) is -1.21. The molecule has 2 heterocycles.